The third-order valence-corrected chi connectivity index (χ3v) is 11.2. The van der Waals surface area contributed by atoms with Gasteiger partial charge in [-0.1, -0.05) is 127 Å². The van der Waals surface area contributed by atoms with Crippen LogP contribution in [0.25, 0.3) is 0 Å². The van der Waals surface area contributed by atoms with Crippen molar-refractivity contribution in [1.82, 2.24) is 9.47 Å². The molecule has 1 fully saturated rings. The van der Waals surface area contributed by atoms with Gasteiger partial charge < -0.3 is 10.2 Å². The van der Waals surface area contributed by atoms with Crippen molar-refractivity contribution in [2.75, 3.05) is 19.6 Å². The summed E-state index contributed by atoms with van der Waals surface area (Å²) in [5.41, 5.74) is 5.26. The van der Waals surface area contributed by atoms with E-state index in [1.807, 2.05) is 12.4 Å². The number of rotatable bonds is 15. The second-order valence-electron chi connectivity index (χ2n) is 20.5. The SMILES string of the molecule is C[n+]1ccn(CCCCCCCCCCN2C[C@H](N=Cc3cc(C(C)(C)C)cc(C(C)(C)C)c3O)[C@@H](N=Cc3cc(C(C)(C)C)cc(C(C)(C)C)c3O)C2)c1. The van der Waals surface area contributed by atoms with Crippen LogP contribution in [0.3, 0.4) is 0 Å². The number of likely N-dealkylation sites (tertiary alicyclic amines) is 1. The predicted molar refractivity (Wildman–Crippen MR) is 233 cm³/mol. The summed E-state index contributed by atoms with van der Waals surface area (Å²) in [5.74, 6) is 0.626. The van der Waals surface area contributed by atoms with Crippen molar-refractivity contribution in [2.24, 2.45) is 17.0 Å². The van der Waals surface area contributed by atoms with Gasteiger partial charge in [-0.05, 0) is 70.7 Å². The maximum Gasteiger partial charge on any atom is 0.243 e. The smallest absolute Gasteiger partial charge is 0.243 e. The fourth-order valence-electron chi connectivity index (χ4n) is 7.52. The number of benzene rings is 2. The molecule has 0 amide bonds. The minimum absolute atomic E-state index is 0.0592. The first-order valence-corrected chi connectivity index (χ1v) is 21.1. The molecule has 2 atom stereocenters. The van der Waals surface area contributed by atoms with Crippen LogP contribution in [-0.2, 0) is 35.3 Å². The van der Waals surface area contributed by atoms with Gasteiger partial charge >= 0.3 is 0 Å². The van der Waals surface area contributed by atoms with E-state index in [9.17, 15) is 10.2 Å². The van der Waals surface area contributed by atoms with E-state index in [0.717, 1.165) is 48.4 Å². The average molecular weight is 755 g/mol. The van der Waals surface area contributed by atoms with Crippen LogP contribution in [0.2, 0.25) is 0 Å². The van der Waals surface area contributed by atoms with Crippen LogP contribution in [0.15, 0.2) is 53.0 Å². The van der Waals surface area contributed by atoms with Gasteiger partial charge in [-0.3, -0.25) is 14.9 Å². The van der Waals surface area contributed by atoms with Gasteiger partial charge in [0.25, 0.3) is 0 Å². The maximum absolute atomic E-state index is 11.5. The summed E-state index contributed by atoms with van der Waals surface area (Å²) in [5, 5.41) is 23.0. The molecule has 7 heteroatoms. The molecule has 1 saturated heterocycles. The number of aryl methyl sites for hydroxylation is 2. The van der Waals surface area contributed by atoms with Gasteiger partial charge in [-0.15, -0.1) is 0 Å². The van der Waals surface area contributed by atoms with Crippen molar-refractivity contribution in [3.8, 4) is 11.5 Å². The van der Waals surface area contributed by atoms with E-state index < -0.39 is 0 Å². The van der Waals surface area contributed by atoms with E-state index in [2.05, 4.69) is 147 Å². The molecule has 0 bridgehead atoms. The molecular weight excluding hydrogens is 679 g/mol. The molecule has 0 radical (unpaired) electrons. The van der Waals surface area contributed by atoms with Crippen LogP contribution in [0.1, 0.15) is 168 Å². The average Bonchev–Trinajstić information content (AvgIpc) is 3.67. The Bertz CT molecular complexity index is 1660. The first-order chi connectivity index (χ1) is 25.5. The number of nitrogens with zero attached hydrogens (tertiary/aromatic N) is 5. The quantitative estimate of drug-likeness (QED) is 0.0922. The lowest BCUT2D eigenvalue weighted by molar-refractivity contribution is -0.671. The molecule has 0 spiro atoms. The molecule has 2 aromatic carbocycles. The van der Waals surface area contributed by atoms with Crippen LogP contribution in [0, 0.1) is 0 Å². The molecule has 7 nitrogen and oxygen atoms in total. The fraction of sp³-hybridized carbons (Fsp3) is 0.646. The van der Waals surface area contributed by atoms with Gasteiger partial charge in [0.1, 0.15) is 23.9 Å². The summed E-state index contributed by atoms with van der Waals surface area (Å²) in [6.07, 6.45) is 20.4. The van der Waals surface area contributed by atoms with E-state index in [4.69, 9.17) is 9.98 Å². The van der Waals surface area contributed by atoms with E-state index in [1.165, 1.54) is 62.5 Å². The summed E-state index contributed by atoms with van der Waals surface area (Å²) in [6.45, 7) is 30.0. The normalized spacial score (nSPS) is 17.7. The predicted octanol–water partition coefficient (Wildman–Crippen LogP) is 10.3. The standard InChI is InChI=1S/C48H75N5O2/c1-45(2,3)37-26-35(43(54)39(28-37)47(7,8)9)30-49-41-32-53(23-21-19-17-15-14-16-18-20-22-52-25-24-51(13)34-52)33-42(41)50-31-36-27-38(46(4,5)6)29-40(44(36)55)48(10,11)12/h24-31,34,41-42H,14-23,32-33H2,1-13H3,(H-,49,50,54,55)/p+1/t41-,42-/m0/s1. The van der Waals surface area contributed by atoms with Crippen molar-refractivity contribution in [3.63, 3.8) is 0 Å². The summed E-state index contributed by atoms with van der Waals surface area (Å²) >= 11 is 0. The zero-order valence-electron chi connectivity index (χ0n) is 37.0. The van der Waals surface area contributed by atoms with E-state index in [-0.39, 0.29) is 33.7 Å². The van der Waals surface area contributed by atoms with Crippen molar-refractivity contribution in [3.05, 3.63) is 76.4 Å². The molecule has 2 heterocycles. The van der Waals surface area contributed by atoms with Crippen molar-refractivity contribution >= 4 is 12.4 Å². The number of hydrogen-bond donors (Lipinski definition) is 2. The second kappa shape index (κ2) is 18.2. The van der Waals surface area contributed by atoms with Gasteiger partial charge in [0.15, 0.2) is 0 Å². The number of unbranched alkanes of at least 4 members (excludes halogenated alkanes) is 7. The molecule has 1 aliphatic rings. The van der Waals surface area contributed by atoms with E-state index >= 15 is 0 Å². The number of phenols is 2. The number of aliphatic imine (C=N–C) groups is 2. The van der Waals surface area contributed by atoms with Crippen LogP contribution < -0.4 is 4.57 Å². The number of aromatic hydroxyl groups is 2. The highest BCUT2D eigenvalue weighted by molar-refractivity contribution is 5.86. The van der Waals surface area contributed by atoms with Crippen LogP contribution in [0.5, 0.6) is 11.5 Å². The highest BCUT2D eigenvalue weighted by Crippen LogP contribution is 2.39. The van der Waals surface area contributed by atoms with Crippen molar-refractivity contribution < 1.29 is 14.8 Å². The Kier molecular flexibility index (Phi) is 14.7. The Balaban J connectivity index is 1.48. The zero-order valence-corrected chi connectivity index (χ0v) is 37.0. The topological polar surface area (TPSA) is 77.2 Å². The van der Waals surface area contributed by atoms with Gasteiger partial charge in [-0.25, -0.2) is 9.13 Å². The number of imidazole rings is 1. The Morgan fingerprint density at radius 2 is 1.00 bits per heavy atom. The Morgan fingerprint density at radius 3 is 1.36 bits per heavy atom. The van der Waals surface area contributed by atoms with Gasteiger partial charge in [-0.2, -0.15) is 0 Å². The molecule has 0 saturated carbocycles. The molecule has 304 valence electrons. The summed E-state index contributed by atoms with van der Waals surface area (Å²) in [7, 11) is 2.07. The summed E-state index contributed by atoms with van der Waals surface area (Å²) in [4.78, 5) is 12.9. The monoisotopic (exact) mass is 755 g/mol. The molecule has 0 aliphatic carbocycles. The summed E-state index contributed by atoms with van der Waals surface area (Å²) in [6, 6.07) is 8.40. The lowest BCUT2D eigenvalue weighted by Gasteiger charge is -2.27. The lowest BCUT2D eigenvalue weighted by atomic mass is 9.79. The third-order valence-electron chi connectivity index (χ3n) is 11.2. The van der Waals surface area contributed by atoms with Crippen LogP contribution >= 0.6 is 0 Å². The first kappa shape index (κ1) is 44.3. The van der Waals surface area contributed by atoms with E-state index in [1.54, 1.807) is 0 Å². The number of aromatic nitrogens is 2. The Morgan fingerprint density at radius 1 is 0.600 bits per heavy atom. The lowest BCUT2D eigenvalue weighted by Crippen LogP contribution is -2.23. The molecule has 4 rings (SSSR count). The Labute approximate surface area is 335 Å². The van der Waals surface area contributed by atoms with Crippen LogP contribution in [0.4, 0.5) is 0 Å². The molecule has 0 unspecified atom stereocenters. The summed E-state index contributed by atoms with van der Waals surface area (Å²) < 4.78 is 4.38. The molecule has 1 aliphatic heterocycles. The minimum atomic E-state index is -0.206. The fourth-order valence-corrected chi connectivity index (χ4v) is 7.52. The molecule has 1 aromatic heterocycles. The highest BCUT2D eigenvalue weighted by Gasteiger charge is 2.32. The Hall–Kier alpha value is -3.45. The second-order valence-corrected chi connectivity index (χ2v) is 20.5. The maximum atomic E-state index is 11.5. The molecule has 3 aromatic rings. The van der Waals surface area contributed by atoms with Gasteiger partial charge in [0, 0.05) is 47.8 Å². The van der Waals surface area contributed by atoms with E-state index in [0.29, 0.717) is 11.5 Å². The minimum Gasteiger partial charge on any atom is -0.507 e. The molecule has 2 N–H and O–H groups in total. The number of phenolic OH excluding ortho intramolecular Hbond substituents is 2. The van der Waals surface area contributed by atoms with Gasteiger partial charge in [0.05, 0.1) is 25.7 Å². The zero-order chi connectivity index (χ0) is 40.8. The van der Waals surface area contributed by atoms with Crippen molar-refractivity contribution in [2.45, 2.75) is 175 Å². The van der Waals surface area contributed by atoms with Crippen molar-refractivity contribution in [1.29, 1.82) is 0 Å². The highest BCUT2D eigenvalue weighted by atomic mass is 16.3. The molecular formula is C48H76N5O2+. The van der Waals surface area contributed by atoms with Gasteiger partial charge in [0.2, 0.25) is 6.33 Å². The first-order valence-electron chi connectivity index (χ1n) is 21.1. The number of hydrogen-bond acceptors (Lipinski definition) is 5. The third kappa shape index (κ3) is 12.8. The van der Waals surface area contributed by atoms with Crippen LogP contribution in [-0.4, -0.2) is 63.8 Å². The largest absolute Gasteiger partial charge is 0.507 e. The molecule has 55 heavy (non-hydrogen) atoms.